The van der Waals surface area contributed by atoms with Gasteiger partial charge >= 0.3 is 5.69 Å². The molecule has 0 saturated heterocycles. The van der Waals surface area contributed by atoms with Crippen LogP contribution in [0, 0.1) is 0 Å². The maximum absolute atomic E-state index is 12.8. The molecule has 1 saturated carbocycles. The van der Waals surface area contributed by atoms with Crippen LogP contribution in [-0.2, 0) is 17.8 Å². The molecule has 0 atom stereocenters. The van der Waals surface area contributed by atoms with E-state index in [1.807, 2.05) is 31.3 Å². The third-order valence-corrected chi connectivity index (χ3v) is 5.88. The van der Waals surface area contributed by atoms with Gasteiger partial charge in [-0.1, -0.05) is 38.3 Å². The highest BCUT2D eigenvalue weighted by atomic mass is 16.2. The topological polar surface area (TPSA) is 84.5 Å². The number of aromatic nitrogens is 4. The molecular weight excluding hydrogens is 380 g/mol. The Morgan fingerprint density at radius 1 is 1.20 bits per heavy atom. The van der Waals surface area contributed by atoms with Gasteiger partial charge in [0.25, 0.3) is 0 Å². The van der Waals surface area contributed by atoms with Gasteiger partial charge in [-0.25, -0.2) is 18.9 Å². The number of aryl methyl sites for hydroxylation is 1. The zero-order valence-corrected chi connectivity index (χ0v) is 17.5. The van der Waals surface area contributed by atoms with E-state index < -0.39 is 0 Å². The maximum atomic E-state index is 12.8. The molecule has 2 heterocycles. The first-order valence-corrected chi connectivity index (χ1v) is 10.6. The summed E-state index contributed by atoms with van der Waals surface area (Å²) in [5.74, 6) is 0.385. The van der Waals surface area contributed by atoms with Gasteiger partial charge in [-0.05, 0) is 37.0 Å². The lowest BCUT2D eigenvalue weighted by Gasteiger charge is -2.31. The molecule has 1 N–H and O–H groups in total. The summed E-state index contributed by atoms with van der Waals surface area (Å²) < 4.78 is 2.66. The van der Waals surface area contributed by atoms with Crippen molar-refractivity contribution in [1.29, 1.82) is 0 Å². The molecular formula is C22H28N6O2. The second kappa shape index (κ2) is 8.69. The summed E-state index contributed by atoms with van der Waals surface area (Å²) in [5, 5.41) is 7.27. The van der Waals surface area contributed by atoms with Crippen molar-refractivity contribution in [3.05, 3.63) is 52.7 Å². The third-order valence-electron chi connectivity index (χ3n) is 5.88. The predicted molar refractivity (Wildman–Crippen MR) is 117 cm³/mol. The monoisotopic (exact) mass is 408 g/mol. The number of hydrogen-bond acceptors (Lipinski definition) is 5. The highest BCUT2D eigenvalue weighted by Crippen LogP contribution is 2.26. The number of amides is 1. The van der Waals surface area contributed by atoms with Crippen molar-refractivity contribution >= 4 is 23.1 Å². The fraction of sp³-hybridized carbons (Fsp3) is 0.455. The molecule has 3 aromatic rings. The lowest BCUT2D eigenvalue weighted by Crippen LogP contribution is -2.34. The molecule has 1 aliphatic rings. The van der Waals surface area contributed by atoms with Crippen molar-refractivity contribution in [1.82, 2.24) is 19.2 Å². The van der Waals surface area contributed by atoms with Crippen LogP contribution in [0.4, 0.5) is 11.5 Å². The standard InChI is InChI=1S/C22H28N6O2/c1-3-16-9-11-17(12-10-16)24-19(29)15-28-22(30)27-14-13-23-20(21(27)25-28)26(2)18-7-5-4-6-8-18/h9-14,18H,3-8,15H2,1-2H3,(H,24,29). The van der Waals surface area contributed by atoms with Crippen LogP contribution < -0.4 is 15.9 Å². The summed E-state index contributed by atoms with van der Waals surface area (Å²) in [7, 11) is 2.01. The Balaban J connectivity index is 1.55. The number of hydrogen-bond donors (Lipinski definition) is 1. The minimum atomic E-state index is -0.345. The molecule has 4 rings (SSSR count). The summed E-state index contributed by atoms with van der Waals surface area (Å²) in [4.78, 5) is 31.9. The number of anilines is 2. The molecule has 30 heavy (non-hydrogen) atoms. The number of rotatable bonds is 6. The van der Waals surface area contributed by atoms with Gasteiger partial charge in [0.15, 0.2) is 5.82 Å². The van der Waals surface area contributed by atoms with Crippen LogP contribution in [0.25, 0.3) is 5.65 Å². The van der Waals surface area contributed by atoms with Gasteiger partial charge in [-0.15, -0.1) is 5.10 Å². The fourth-order valence-corrected chi connectivity index (χ4v) is 4.09. The minimum Gasteiger partial charge on any atom is -0.354 e. The van der Waals surface area contributed by atoms with E-state index in [0.717, 1.165) is 19.3 Å². The van der Waals surface area contributed by atoms with Crippen LogP contribution in [0.3, 0.4) is 0 Å². The van der Waals surface area contributed by atoms with Gasteiger partial charge in [0.05, 0.1) is 0 Å². The number of benzene rings is 1. The van der Waals surface area contributed by atoms with Gasteiger partial charge in [0, 0.05) is 31.2 Å². The van der Waals surface area contributed by atoms with Gasteiger partial charge in [0.1, 0.15) is 6.54 Å². The number of fused-ring (bicyclic) bond motifs is 1. The molecule has 0 spiro atoms. The normalized spacial score (nSPS) is 14.7. The first-order chi connectivity index (χ1) is 14.6. The van der Waals surface area contributed by atoms with E-state index in [0.29, 0.717) is 23.2 Å². The Morgan fingerprint density at radius 2 is 1.93 bits per heavy atom. The van der Waals surface area contributed by atoms with Crippen molar-refractivity contribution in [3.8, 4) is 0 Å². The molecule has 2 aromatic heterocycles. The molecule has 0 bridgehead atoms. The zero-order valence-electron chi connectivity index (χ0n) is 17.5. The van der Waals surface area contributed by atoms with Crippen molar-refractivity contribution < 1.29 is 4.79 Å². The van der Waals surface area contributed by atoms with Crippen molar-refractivity contribution in [2.24, 2.45) is 0 Å². The predicted octanol–water partition coefficient (Wildman–Crippen LogP) is 2.86. The van der Waals surface area contributed by atoms with E-state index in [1.54, 1.807) is 12.4 Å². The Hall–Kier alpha value is -3.16. The summed E-state index contributed by atoms with van der Waals surface area (Å²) in [6.45, 7) is 1.93. The first kappa shape index (κ1) is 20.1. The summed E-state index contributed by atoms with van der Waals surface area (Å²) in [5.41, 5.74) is 2.04. The molecule has 8 nitrogen and oxygen atoms in total. The van der Waals surface area contributed by atoms with E-state index >= 15 is 0 Å². The second-order valence-electron chi connectivity index (χ2n) is 7.89. The van der Waals surface area contributed by atoms with Gasteiger partial charge in [-0.2, -0.15) is 0 Å². The number of carbonyl (C=O) groups is 1. The molecule has 1 aromatic carbocycles. The van der Waals surface area contributed by atoms with E-state index in [1.165, 1.54) is 33.9 Å². The second-order valence-corrected chi connectivity index (χ2v) is 7.89. The van der Waals surface area contributed by atoms with Gasteiger partial charge in [-0.3, -0.25) is 4.79 Å². The third kappa shape index (κ3) is 4.08. The van der Waals surface area contributed by atoms with Crippen LogP contribution in [-0.4, -0.2) is 38.2 Å². The Labute approximate surface area is 175 Å². The SMILES string of the molecule is CCc1ccc(NC(=O)Cn2nc3c(N(C)C4CCCCC4)nccn3c2=O)cc1. The van der Waals surface area contributed by atoms with E-state index in [4.69, 9.17) is 0 Å². The molecule has 0 unspecified atom stereocenters. The van der Waals surface area contributed by atoms with Crippen molar-refractivity contribution in [2.75, 3.05) is 17.3 Å². The van der Waals surface area contributed by atoms with Crippen LogP contribution in [0.1, 0.15) is 44.6 Å². The molecule has 1 aliphatic carbocycles. The van der Waals surface area contributed by atoms with Crippen LogP contribution >= 0.6 is 0 Å². The quantitative estimate of drug-likeness (QED) is 0.678. The number of nitrogens with zero attached hydrogens (tertiary/aromatic N) is 5. The Bertz CT molecular complexity index is 1080. The van der Waals surface area contributed by atoms with E-state index in [9.17, 15) is 9.59 Å². The first-order valence-electron chi connectivity index (χ1n) is 10.6. The molecule has 0 radical (unpaired) electrons. The smallest absolute Gasteiger partial charge is 0.350 e. The summed E-state index contributed by atoms with van der Waals surface area (Å²) in [6.07, 6.45) is 10.1. The average Bonchev–Trinajstić information content (AvgIpc) is 3.09. The van der Waals surface area contributed by atoms with E-state index in [-0.39, 0.29) is 18.1 Å². The largest absolute Gasteiger partial charge is 0.354 e. The average molecular weight is 409 g/mol. The van der Waals surface area contributed by atoms with Crippen LogP contribution in [0.5, 0.6) is 0 Å². The van der Waals surface area contributed by atoms with Crippen LogP contribution in [0.2, 0.25) is 0 Å². The molecule has 1 fully saturated rings. The molecule has 0 aliphatic heterocycles. The lowest BCUT2D eigenvalue weighted by atomic mass is 9.94. The highest BCUT2D eigenvalue weighted by molar-refractivity contribution is 5.90. The molecule has 158 valence electrons. The maximum Gasteiger partial charge on any atom is 0.350 e. The summed E-state index contributed by atoms with van der Waals surface area (Å²) in [6, 6.07) is 8.08. The molecule has 1 amide bonds. The summed E-state index contributed by atoms with van der Waals surface area (Å²) >= 11 is 0. The van der Waals surface area contributed by atoms with E-state index in [2.05, 4.69) is 27.2 Å². The van der Waals surface area contributed by atoms with Crippen molar-refractivity contribution in [2.45, 2.75) is 58.0 Å². The highest BCUT2D eigenvalue weighted by Gasteiger charge is 2.23. The Morgan fingerprint density at radius 3 is 2.63 bits per heavy atom. The van der Waals surface area contributed by atoms with Gasteiger partial charge < -0.3 is 10.2 Å². The van der Waals surface area contributed by atoms with Crippen LogP contribution in [0.15, 0.2) is 41.5 Å². The van der Waals surface area contributed by atoms with Crippen molar-refractivity contribution in [3.63, 3.8) is 0 Å². The zero-order chi connectivity index (χ0) is 21.1. The number of carbonyl (C=O) groups excluding carboxylic acids is 1. The number of nitrogens with one attached hydrogen (secondary N) is 1. The molecule has 8 heteroatoms. The Kier molecular flexibility index (Phi) is 5.83. The fourth-order valence-electron chi connectivity index (χ4n) is 4.09. The minimum absolute atomic E-state index is 0.150. The lowest BCUT2D eigenvalue weighted by molar-refractivity contribution is -0.117. The van der Waals surface area contributed by atoms with Gasteiger partial charge in [0.2, 0.25) is 11.6 Å².